The standard InChI is InChI=1S/C14H11NO2S/c1-15-7-11(10-4-2-3-5-12(10)15)13-6-9(8-18-13)14(16)17/h2-8H,1H3,(H,16,17). The van der Waals surface area contributed by atoms with Gasteiger partial charge in [0.25, 0.3) is 0 Å². The Balaban J connectivity index is 2.22. The quantitative estimate of drug-likeness (QED) is 0.762. The molecule has 0 unspecified atom stereocenters. The molecule has 0 aliphatic heterocycles. The van der Waals surface area contributed by atoms with Crippen LogP contribution in [0.2, 0.25) is 0 Å². The van der Waals surface area contributed by atoms with Crippen molar-refractivity contribution in [2.45, 2.75) is 0 Å². The summed E-state index contributed by atoms with van der Waals surface area (Å²) in [5.74, 6) is -0.877. The molecule has 0 fully saturated rings. The number of hydrogen-bond donors (Lipinski definition) is 1. The summed E-state index contributed by atoms with van der Waals surface area (Å²) in [6.07, 6.45) is 2.04. The van der Waals surface area contributed by atoms with Gasteiger partial charge >= 0.3 is 5.97 Å². The Bertz CT molecular complexity index is 739. The second-order valence-electron chi connectivity index (χ2n) is 4.18. The Kier molecular flexibility index (Phi) is 2.45. The Morgan fingerprint density at radius 3 is 2.83 bits per heavy atom. The molecule has 4 heteroatoms. The second kappa shape index (κ2) is 3.99. The lowest BCUT2D eigenvalue weighted by Crippen LogP contribution is -1.91. The van der Waals surface area contributed by atoms with Crippen LogP contribution in [0.5, 0.6) is 0 Å². The lowest BCUT2D eigenvalue weighted by atomic mass is 10.1. The van der Waals surface area contributed by atoms with Crippen LogP contribution in [0, 0.1) is 0 Å². The van der Waals surface area contributed by atoms with Crippen LogP contribution in [0.4, 0.5) is 0 Å². The monoisotopic (exact) mass is 257 g/mol. The van der Waals surface area contributed by atoms with Crippen LogP contribution < -0.4 is 0 Å². The van der Waals surface area contributed by atoms with E-state index in [2.05, 4.69) is 16.7 Å². The molecule has 0 aliphatic rings. The van der Waals surface area contributed by atoms with Gasteiger partial charge in [-0.3, -0.25) is 0 Å². The van der Waals surface area contributed by atoms with E-state index >= 15 is 0 Å². The molecule has 0 aliphatic carbocycles. The van der Waals surface area contributed by atoms with Gasteiger partial charge in [0.05, 0.1) is 5.56 Å². The summed E-state index contributed by atoms with van der Waals surface area (Å²) in [5.41, 5.74) is 2.59. The number of thiophene rings is 1. The number of aromatic nitrogens is 1. The van der Waals surface area contributed by atoms with Crippen LogP contribution in [0.15, 0.2) is 41.9 Å². The fraction of sp³-hybridized carbons (Fsp3) is 0.0714. The SMILES string of the molecule is Cn1cc(-c2cc(C(=O)O)cs2)c2ccccc21. The third kappa shape index (κ3) is 1.62. The molecular formula is C14H11NO2S. The molecule has 90 valence electrons. The van der Waals surface area contributed by atoms with E-state index in [1.807, 2.05) is 25.4 Å². The van der Waals surface area contributed by atoms with Gasteiger partial charge in [0.15, 0.2) is 0 Å². The highest BCUT2D eigenvalue weighted by Crippen LogP contribution is 2.34. The Morgan fingerprint density at radius 1 is 1.33 bits per heavy atom. The number of aryl methyl sites for hydroxylation is 1. The summed E-state index contributed by atoms with van der Waals surface area (Å²) in [5, 5.41) is 11.8. The highest BCUT2D eigenvalue weighted by Gasteiger charge is 2.12. The summed E-state index contributed by atoms with van der Waals surface area (Å²) in [6, 6.07) is 9.85. The number of carbonyl (C=O) groups is 1. The average molecular weight is 257 g/mol. The van der Waals surface area contributed by atoms with Crippen LogP contribution in [0.3, 0.4) is 0 Å². The van der Waals surface area contributed by atoms with Gasteiger partial charge < -0.3 is 9.67 Å². The van der Waals surface area contributed by atoms with E-state index in [1.165, 1.54) is 11.3 Å². The minimum Gasteiger partial charge on any atom is -0.478 e. The zero-order chi connectivity index (χ0) is 12.7. The van der Waals surface area contributed by atoms with Gasteiger partial charge in [-0.2, -0.15) is 0 Å². The first-order chi connectivity index (χ1) is 8.66. The molecule has 2 aromatic heterocycles. The van der Waals surface area contributed by atoms with Gasteiger partial charge in [0.2, 0.25) is 0 Å². The molecule has 0 bridgehead atoms. The molecule has 0 atom stereocenters. The maximum atomic E-state index is 10.9. The molecule has 0 amide bonds. The number of nitrogens with zero attached hydrogens (tertiary/aromatic N) is 1. The van der Waals surface area contributed by atoms with Gasteiger partial charge in [0, 0.05) is 40.0 Å². The van der Waals surface area contributed by atoms with E-state index in [0.29, 0.717) is 5.56 Å². The zero-order valence-corrected chi connectivity index (χ0v) is 10.6. The number of carboxylic acid groups (broad SMARTS) is 1. The van der Waals surface area contributed by atoms with E-state index < -0.39 is 5.97 Å². The summed E-state index contributed by atoms with van der Waals surface area (Å²) in [7, 11) is 2.00. The number of para-hydroxylation sites is 1. The minimum atomic E-state index is -0.877. The summed E-state index contributed by atoms with van der Waals surface area (Å²) in [4.78, 5) is 11.9. The van der Waals surface area contributed by atoms with Gasteiger partial charge in [-0.1, -0.05) is 18.2 Å². The van der Waals surface area contributed by atoms with Crippen molar-refractivity contribution >= 4 is 28.2 Å². The predicted octanol–water partition coefficient (Wildman–Crippen LogP) is 3.61. The largest absolute Gasteiger partial charge is 0.478 e. The van der Waals surface area contributed by atoms with Crippen molar-refractivity contribution < 1.29 is 9.90 Å². The Morgan fingerprint density at radius 2 is 2.11 bits per heavy atom. The zero-order valence-electron chi connectivity index (χ0n) is 9.75. The van der Waals surface area contributed by atoms with Crippen LogP contribution in [-0.2, 0) is 7.05 Å². The van der Waals surface area contributed by atoms with E-state index in [4.69, 9.17) is 5.11 Å². The third-order valence-corrected chi connectivity index (χ3v) is 3.97. The lowest BCUT2D eigenvalue weighted by molar-refractivity contribution is 0.0697. The Hall–Kier alpha value is -2.07. The number of hydrogen-bond acceptors (Lipinski definition) is 2. The number of benzene rings is 1. The molecule has 0 saturated carbocycles. The van der Waals surface area contributed by atoms with Crippen molar-refractivity contribution in [2.75, 3.05) is 0 Å². The van der Waals surface area contributed by atoms with Gasteiger partial charge in [-0.15, -0.1) is 11.3 Å². The molecular weight excluding hydrogens is 246 g/mol. The van der Waals surface area contributed by atoms with Crippen molar-refractivity contribution in [3.63, 3.8) is 0 Å². The number of aromatic carboxylic acids is 1. The molecule has 0 radical (unpaired) electrons. The van der Waals surface area contributed by atoms with Crippen LogP contribution in [0.25, 0.3) is 21.3 Å². The molecule has 1 N–H and O–H groups in total. The van der Waals surface area contributed by atoms with E-state index in [0.717, 1.165) is 21.3 Å². The normalized spacial score (nSPS) is 10.9. The molecule has 2 heterocycles. The minimum absolute atomic E-state index is 0.350. The number of fused-ring (bicyclic) bond motifs is 1. The van der Waals surface area contributed by atoms with Crippen LogP contribution >= 0.6 is 11.3 Å². The second-order valence-corrected chi connectivity index (χ2v) is 5.09. The summed E-state index contributed by atoms with van der Waals surface area (Å²) in [6.45, 7) is 0. The first kappa shape index (κ1) is 11.0. The maximum Gasteiger partial charge on any atom is 0.336 e. The highest BCUT2D eigenvalue weighted by molar-refractivity contribution is 7.14. The van der Waals surface area contributed by atoms with Gasteiger partial charge in [-0.25, -0.2) is 4.79 Å². The van der Waals surface area contributed by atoms with Crippen molar-refractivity contribution in [3.8, 4) is 10.4 Å². The van der Waals surface area contributed by atoms with E-state index in [9.17, 15) is 4.79 Å². The van der Waals surface area contributed by atoms with Crippen LogP contribution in [0.1, 0.15) is 10.4 Å². The van der Waals surface area contributed by atoms with Crippen molar-refractivity contribution in [2.24, 2.45) is 7.05 Å². The smallest absolute Gasteiger partial charge is 0.336 e. The molecule has 0 spiro atoms. The first-order valence-corrected chi connectivity index (χ1v) is 6.41. The molecule has 3 rings (SSSR count). The fourth-order valence-electron chi connectivity index (χ4n) is 2.13. The lowest BCUT2D eigenvalue weighted by Gasteiger charge is -1.94. The summed E-state index contributed by atoms with van der Waals surface area (Å²) < 4.78 is 2.06. The number of carboxylic acids is 1. The van der Waals surface area contributed by atoms with Crippen LogP contribution in [-0.4, -0.2) is 15.6 Å². The first-order valence-electron chi connectivity index (χ1n) is 5.53. The highest BCUT2D eigenvalue weighted by atomic mass is 32.1. The molecule has 3 nitrogen and oxygen atoms in total. The third-order valence-electron chi connectivity index (χ3n) is 3.01. The van der Waals surface area contributed by atoms with Gasteiger partial charge in [-0.05, 0) is 12.1 Å². The topological polar surface area (TPSA) is 42.2 Å². The molecule has 18 heavy (non-hydrogen) atoms. The summed E-state index contributed by atoms with van der Waals surface area (Å²) >= 11 is 1.46. The molecule has 3 aromatic rings. The van der Waals surface area contributed by atoms with Gasteiger partial charge in [0.1, 0.15) is 0 Å². The molecule has 0 saturated heterocycles. The predicted molar refractivity (Wildman–Crippen MR) is 73.2 cm³/mol. The number of rotatable bonds is 2. The average Bonchev–Trinajstić information content (AvgIpc) is 2.95. The maximum absolute atomic E-state index is 10.9. The van der Waals surface area contributed by atoms with E-state index in [1.54, 1.807) is 11.4 Å². The Labute approximate surface area is 108 Å². The van der Waals surface area contributed by atoms with Crippen molar-refractivity contribution in [1.82, 2.24) is 4.57 Å². The molecule has 1 aromatic carbocycles. The van der Waals surface area contributed by atoms with Crippen molar-refractivity contribution in [1.29, 1.82) is 0 Å². The van der Waals surface area contributed by atoms with Crippen molar-refractivity contribution in [3.05, 3.63) is 47.5 Å². The fourth-order valence-corrected chi connectivity index (χ4v) is 3.04. The van der Waals surface area contributed by atoms with E-state index in [-0.39, 0.29) is 0 Å².